The number of nitrogens with one attached hydrogen (secondary N) is 1. The zero-order valence-corrected chi connectivity index (χ0v) is 11.1. The van der Waals surface area contributed by atoms with Gasteiger partial charge in [-0.3, -0.25) is 9.88 Å². The molecule has 17 heavy (non-hydrogen) atoms. The second kappa shape index (κ2) is 6.22. The van der Waals surface area contributed by atoms with Crippen molar-refractivity contribution in [3.63, 3.8) is 0 Å². The van der Waals surface area contributed by atoms with Crippen LogP contribution in [0.2, 0.25) is 5.02 Å². The Morgan fingerprint density at radius 2 is 2.18 bits per heavy atom. The van der Waals surface area contributed by atoms with Crippen LogP contribution in [0.1, 0.15) is 26.2 Å². The molecule has 0 aliphatic carbocycles. The van der Waals surface area contributed by atoms with Crippen LogP contribution < -0.4 is 5.32 Å². The van der Waals surface area contributed by atoms with E-state index in [0.29, 0.717) is 11.1 Å². The second-order valence-electron chi connectivity index (χ2n) is 4.68. The van der Waals surface area contributed by atoms with E-state index in [1.807, 2.05) is 6.07 Å². The molecule has 2 rings (SSSR count). The number of nitrogens with zero attached hydrogens (tertiary/aromatic N) is 2. The van der Waals surface area contributed by atoms with E-state index < -0.39 is 0 Å². The Balaban J connectivity index is 1.83. The van der Waals surface area contributed by atoms with E-state index in [0.717, 1.165) is 12.2 Å². The van der Waals surface area contributed by atoms with E-state index in [4.69, 9.17) is 11.6 Å². The van der Waals surface area contributed by atoms with Crippen molar-refractivity contribution >= 4 is 17.3 Å². The molecule has 0 saturated carbocycles. The molecule has 1 aromatic rings. The summed E-state index contributed by atoms with van der Waals surface area (Å²) in [5.41, 5.74) is 0.977. The highest BCUT2D eigenvalue weighted by molar-refractivity contribution is 6.33. The molecule has 1 fully saturated rings. The molecule has 1 saturated heterocycles. The second-order valence-corrected chi connectivity index (χ2v) is 5.09. The maximum Gasteiger partial charge on any atom is 0.0820 e. The molecule has 1 aliphatic rings. The van der Waals surface area contributed by atoms with Crippen LogP contribution in [0.15, 0.2) is 18.5 Å². The lowest BCUT2D eigenvalue weighted by molar-refractivity contribution is 0.180. The minimum absolute atomic E-state index is 0.555. The molecule has 1 N–H and O–H groups in total. The smallest absolute Gasteiger partial charge is 0.0820 e. The van der Waals surface area contributed by atoms with Crippen LogP contribution in [0.3, 0.4) is 0 Å². The molecule has 0 amide bonds. The number of hydrogen-bond donors (Lipinski definition) is 1. The molecule has 94 valence electrons. The molecular weight excluding hydrogens is 234 g/mol. The number of pyridine rings is 1. The van der Waals surface area contributed by atoms with E-state index in [1.165, 1.54) is 32.4 Å². The van der Waals surface area contributed by atoms with Gasteiger partial charge in [0.15, 0.2) is 0 Å². The average molecular weight is 254 g/mol. The summed E-state index contributed by atoms with van der Waals surface area (Å²) in [6, 6.07) is 2.48. The Bertz CT molecular complexity index is 350. The third-order valence-electron chi connectivity index (χ3n) is 3.37. The summed E-state index contributed by atoms with van der Waals surface area (Å²) < 4.78 is 0. The molecule has 1 atom stereocenters. The highest BCUT2D eigenvalue weighted by Crippen LogP contribution is 2.19. The van der Waals surface area contributed by atoms with Crippen LogP contribution in [-0.2, 0) is 0 Å². The van der Waals surface area contributed by atoms with Crippen molar-refractivity contribution in [3.8, 4) is 0 Å². The van der Waals surface area contributed by atoms with Crippen molar-refractivity contribution in [1.29, 1.82) is 0 Å². The molecule has 1 aliphatic heterocycles. The third kappa shape index (κ3) is 3.58. The lowest BCUT2D eigenvalue weighted by atomic mass is 10.1. The quantitative estimate of drug-likeness (QED) is 0.894. The van der Waals surface area contributed by atoms with Crippen LogP contribution in [0.4, 0.5) is 5.69 Å². The van der Waals surface area contributed by atoms with Crippen LogP contribution >= 0.6 is 11.6 Å². The maximum absolute atomic E-state index is 6.05. The third-order valence-corrected chi connectivity index (χ3v) is 3.68. The summed E-state index contributed by atoms with van der Waals surface area (Å²) in [6.07, 6.45) is 7.49. The predicted molar refractivity (Wildman–Crippen MR) is 72.6 cm³/mol. The molecule has 0 spiro atoms. The van der Waals surface area contributed by atoms with E-state index in [1.54, 1.807) is 12.4 Å². The number of hydrogen-bond acceptors (Lipinski definition) is 3. The van der Waals surface area contributed by atoms with Crippen molar-refractivity contribution < 1.29 is 0 Å². The summed E-state index contributed by atoms with van der Waals surface area (Å²) in [7, 11) is 0. The zero-order valence-electron chi connectivity index (χ0n) is 10.3. The fraction of sp³-hybridized carbons (Fsp3) is 0.615. The fourth-order valence-electron chi connectivity index (χ4n) is 2.26. The molecule has 0 aromatic carbocycles. The fourth-order valence-corrected chi connectivity index (χ4v) is 2.45. The number of rotatable bonds is 4. The van der Waals surface area contributed by atoms with Gasteiger partial charge in [-0.2, -0.15) is 0 Å². The van der Waals surface area contributed by atoms with Gasteiger partial charge in [-0.05, 0) is 38.9 Å². The Labute approximate surface area is 108 Å². The van der Waals surface area contributed by atoms with Crippen LogP contribution in [0.5, 0.6) is 0 Å². The standard InChI is InChI=1S/C13H20ClN3/c1-11(17-7-3-2-4-8-17)9-16-13-5-6-15-10-12(13)14/h5-6,10-11H,2-4,7-9H2,1H3,(H,15,16). The van der Waals surface area contributed by atoms with Gasteiger partial charge in [0.05, 0.1) is 10.7 Å². The summed E-state index contributed by atoms with van der Waals surface area (Å²) in [5.74, 6) is 0. The molecule has 3 nitrogen and oxygen atoms in total. The number of anilines is 1. The summed E-state index contributed by atoms with van der Waals surface area (Å²) in [6.45, 7) is 5.66. The van der Waals surface area contributed by atoms with Gasteiger partial charge >= 0.3 is 0 Å². The first-order valence-electron chi connectivity index (χ1n) is 6.35. The number of halogens is 1. The minimum Gasteiger partial charge on any atom is -0.382 e. The van der Waals surface area contributed by atoms with Crippen molar-refractivity contribution in [3.05, 3.63) is 23.5 Å². The van der Waals surface area contributed by atoms with Gasteiger partial charge in [0.2, 0.25) is 0 Å². The van der Waals surface area contributed by atoms with E-state index in [2.05, 4.69) is 22.1 Å². The summed E-state index contributed by atoms with van der Waals surface area (Å²) >= 11 is 6.05. The van der Waals surface area contributed by atoms with Crippen LogP contribution in [0.25, 0.3) is 0 Å². The molecule has 4 heteroatoms. The Hall–Kier alpha value is -0.800. The average Bonchev–Trinajstić information content (AvgIpc) is 2.38. The minimum atomic E-state index is 0.555. The molecule has 0 radical (unpaired) electrons. The Kier molecular flexibility index (Phi) is 4.63. The Morgan fingerprint density at radius 3 is 2.88 bits per heavy atom. The highest BCUT2D eigenvalue weighted by atomic mass is 35.5. The van der Waals surface area contributed by atoms with E-state index in [9.17, 15) is 0 Å². The molecule has 1 aromatic heterocycles. The van der Waals surface area contributed by atoms with Gasteiger partial charge in [-0.1, -0.05) is 18.0 Å². The van der Waals surface area contributed by atoms with Gasteiger partial charge in [0, 0.05) is 25.0 Å². The van der Waals surface area contributed by atoms with Crippen molar-refractivity contribution in [2.75, 3.05) is 25.0 Å². The van der Waals surface area contributed by atoms with Crippen molar-refractivity contribution in [1.82, 2.24) is 9.88 Å². The molecule has 1 unspecified atom stereocenters. The van der Waals surface area contributed by atoms with Gasteiger partial charge in [0.25, 0.3) is 0 Å². The Morgan fingerprint density at radius 1 is 1.41 bits per heavy atom. The summed E-state index contributed by atoms with van der Waals surface area (Å²) in [4.78, 5) is 6.53. The SMILES string of the molecule is CC(CNc1ccncc1Cl)N1CCCCC1. The lowest BCUT2D eigenvalue weighted by Crippen LogP contribution is -2.41. The molecular formula is C13H20ClN3. The number of aromatic nitrogens is 1. The summed E-state index contributed by atoms with van der Waals surface area (Å²) in [5, 5.41) is 4.09. The maximum atomic E-state index is 6.05. The van der Waals surface area contributed by atoms with Gasteiger partial charge in [-0.25, -0.2) is 0 Å². The van der Waals surface area contributed by atoms with Gasteiger partial charge in [0.1, 0.15) is 0 Å². The van der Waals surface area contributed by atoms with E-state index >= 15 is 0 Å². The zero-order chi connectivity index (χ0) is 12.1. The van der Waals surface area contributed by atoms with Crippen LogP contribution in [-0.4, -0.2) is 35.6 Å². The lowest BCUT2D eigenvalue weighted by Gasteiger charge is -2.32. The van der Waals surface area contributed by atoms with Gasteiger partial charge in [-0.15, -0.1) is 0 Å². The van der Waals surface area contributed by atoms with Gasteiger partial charge < -0.3 is 5.32 Å². The van der Waals surface area contributed by atoms with E-state index in [-0.39, 0.29) is 0 Å². The monoisotopic (exact) mass is 253 g/mol. The molecule has 2 heterocycles. The highest BCUT2D eigenvalue weighted by Gasteiger charge is 2.16. The number of piperidine rings is 1. The van der Waals surface area contributed by atoms with Crippen LogP contribution in [0, 0.1) is 0 Å². The number of likely N-dealkylation sites (tertiary alicyclic amines) is 1. The first-order valence-corrected chi connectivity index (χ1v) is 6.72. The first kappa shape index (κ1) is 12.7. The predicted octanol–water partition coefficient (Wildman–Crippen LogP) is 3.02. The van der Waals surface area contributed by atoms with Crippen molar-refractivity contribution in [2.45, 2.75) is 32.2 Å². The normalized spacial score (nSPS) is 18.9. The molecule has 0 bridgehead atoms. The van der Waals surface area contributed by atoms with Crippen molar-refractivity contribution in [2.24, 2.45) is 0 Å². The first-order chi connectivity index (χ1) is 8.27. The topological polar surface area (TPSA) is 28.2 Å². The largest absolute Gasteiger partial charge is 0.382 e.